The van der Waals surface area contributed by atoms with Gasteiger partial charge in [0.25, 0.3) is 0 Å². The predicted octanol–water partition coefficient (Wildman–Crippen LogP) is -2.80. The van der Waals surface area contributed by atoms with Crippen LogP contribution in [0.5, 0.6) is 0 Å². The molecule has 0 spiro atoms. The summed E-state index contributed by atoms with van der Waals surface area (Å²) in [5, 5.41) is 0. The zero-order valence-corrected chi connectivity index (χ0v) is 10.2. The average molecular weight is 291 g/mol. The van der Waals surface area contributed by atoms with Gasteiger partial charge in [-0.15, -0.1) is 0 Å². The van der Waals surface area contributed by atoms with Gasteiger partial charge in [-0.05, 0) is 18.7 Å². The first kappa shape index (κ1) is 15.6. The maximum absolute atomic E-state index is 9.90. The summed E-state index contributed by atoms with van der Waals surface area (Å²) in [6, 6.07) is 0. The summed E-state index contributed by atoms with van der Waals surface area (Å²) in [5.41, 5.74) is 0. The SMILES string of the molecule is O=P([O-])([O-])CCCP(=O)([O-])[O-].[Zr+4]. The molecule has 0 N–H and O–H groups in total. The van der Waals surface area contributed by atoms with Gasteiger partial charge in [-0.3, -0.25) is 0 Å². The molecule has 0 aliphatic rings. The van der Waals surface area contributed by atoms with Gasteiger partial charge in [0.2, 0.25) is 0 Å². The fourth-order valence-electron chi connectivity index (χ4n) is 0.458. The van der Waals surface area contributed by atoms with Crippen molar-refractivity contribution in [2.24, 2.45) is 0 Å². The Balaban J connectivity index is 0. The molecule has 0 atom stereocenters. The van der Waals surface area contributed by atoms with Crippen LogP contribution >= 0.6 is 15.2 Å². The quantitative estimate of drug-likeness (QED) is 0.515. The van der Waals surface area contributed by atoms with Crippen molar-refractivity contribution >= 4 is 15.2 Å². The molecule has 0 aromatic rings. The summed E-state index contributed by atoms with van der Waals surface area (Å²) < 4.78 is 19.8. The van der Waals surface area contributed by atoms with E-state index in [9.17, 15) is 28.7 Å². The second kappa shape index (κ2) is 5.82. The number of rotatable bonds is 4. The molecule has 0 radical (unpaired) electrons. The molecule has 0 bridgehead atoms. The maximum Gasteiger partial charge on any atom is 4.00 e. The van der Waals surface area contributed by atoms with E-state index in [0.29, 0.717) is 0 Å². The van der Waals surface area contributed by atoms with Crippen molar-refractivity contribution in [3.8, 4) is 0 Å². The average Bonchev–Trinajstić information content (AvgIpc) is 1.55. The molecular formula is C3H6O6P2Zr. The van der Waals surface area contributed by atoms with Gasteiger partial charge in [0, 0.05) is 0 Å². The maximum atomic E-state index is 9.90. The molecule has 0 saturated heterocycles. The van der Waals surface area contributed by atoms with E-state index in [0.717, 1.165) is 0 Å². The van der Waals surface area contributed by atoms with Crippen LogP contribution in [0.25, 0.3) is 0 Å². The predicted molar refractivity (Wildman–Crippen MR) is 29.6 cm³/mol. The molecule has 0 amide bonds. The third kappa shape index (κ3) is 13.8. The number of hydrogen-bond donors (Lipinski definition) is 0. The van der Waals surface area contributed by atoms with E-state index >= 15 is 0 Å². The summed E-state index contributed by atoms with van der Waals surface area (Å²) in [5.74, 6) is 0. The van der Waals surface area contributed by atoms with Crippen molar-refractivity contribution in [3.05, 3.63) is 0 Å². The molecule has 0 aliphatic carbocycles. The third-order valence-corrected chi connectivity index (χ3v) is 2.59. The molecule has 0 saturated carbocycles. The molecule has 12 heavy (non-hydrogen) atoms. The second-order valence-electron chi connectivity index (χ2n) is 2.02. The van der Waals surface area contributed by atoms with Crippen molar-refractivity contribution in [1.29, 1.82) is 0 Å². The molecule has 0 heterocycles. The topological polar surface area (TPSA) is 126 Å². The van der Waals surface area contributed by atoms with Crippen LogP contribution in [0.4, 0.5) is 0 Å². The Labute approximate surface area is 88.8 Å². The molecule has 0 aliphatic heterocycles. The van der Waals surface area contributed by atoms with E-state index in [2.05, 4.69) is 0 Å². The molecule has 68 valence electrons. The Morgan fingerprint density at radius 3 is 1.25 bits per heavy atom. The minimum atomic E-state index is -4.65. The molecule has 0 fully saturated rings. The molecular weight excluding hydrogens is 285 g/mol. The summed E-state index contributed by atoms with van der Waals surface area (Å²) in [6.45, 7) is 0. The normalized spacial score (nSPS) is 12.3. The molecule has 0 aromatic heterocycles. The molecule has 6 nitrogen and oxygen atoms in total. The van der Waals surface area contributed by atoms with Gasteiger partial charge in [0.1, 0.15) is 0 Å². The van der Waals surface area contributed by atoms with Gasteiger partial charge in [-0.2, -0.15) is 0 Å². The van der Waals surface area contributed by atoms with E-state index in [4.69, 9.17) is 0 Å². The minimum Gasteiger partial charge on any atom is -0.811 e. The molecule has 9 heteroatoms. The first-order valence-corrected chi connectivity index (χ1v) is 6.18. The van der Waals surface area contributed by atoms with Crippen LogP contribution < -0.4 is 19.6 Å². The van der Waals surface area contributed by atoms with Gasteiger partial charge in [-0.1, -0.05) is 15.2 Å². The van der Waals surface area contributed by atoms with Crippen LogP contribution in [-0.4, -0.2) is 12.3 Å². The standard InChI is InChI=1S/C3H10O6P2.Zr/c4-10(5,6)2-1-3-11(7,8)9;/h1-3H2,(H2,4,5,6)(H2,7,8,9);/q;+4/p-4. The summed E-state index contributed by atoms with van der Waals surface area (Å²) in [4.78, 5) is 39.6. The fraction of sp³-hybridized carbons (Fsp3) is 1.00. The molecule has 0 unspecified atom stereocenters. The monoisotopic (exact) mass is 290 g/mol. The van der Waals surface area contributed by atoms with Gasteiger partial charge in [0.05, 0.1) is 0 Å². The van der Waals surface area contributed by atoms with E-state index in [1.54, 1.807) is 0 Å². The Morgan fingerprint density at radius 2 is 1.08 bits per heavy atom. The van der Waals surface area contributed by atoms with Crippen LogP contribution in [0.1, 0.15) is 6.42 Å². The Kier molecular flexibility index (Phi) is 7.59. The van der Waals surface area contributed by atoms with Gasteiger partial charge in [0.15, 0.2) is 0 Å². The first-order valence-electron chi connectivity index (χ1n) is 2.73. The van der Waals surface area contributed by atoms with E-state index in [-0.39, 0.29) is 26.2 Å². The zero-order valence-electron chi connectivity index (χ0n) is 5.97. The van der Waals surface area contributed by atoms with Gasteiger partial charge >= 0.3 is 26.2 Å². The summed E-state index contributed by atoms with van der Waals surface area (Å²) in [6.07, 6.45) is -1.96. The van der Waals surface area contributed by atoms with Crippen LogP contribution in [-0.2, 0) is 35.3 Å². The molecule has 0 aromatic carbocycles. The Bertz CT molecular complexity index is 183. The zero-order chi connectivity index (χ0) is 9.12. The van der Waals surface area contributed by atoms with Crippen LogP contribution in [0, 0.1) is 0 Å². The largest absolute Gasteiger partial charge is 4.00 e. The Morgan fingerprint density at radius 1 is 0.833 bits per heavy atom. The van der Waals surface area contributed by atoms with Crippen molar-refractivity contribution in [2.75, 3.05) is 12.3 Å². The minimum absolute atomic E-state index is 0. The van der Waals surface area contributed by atoms with Gasteiger partial charge in [-0.25, -0.2) is 0 Å². The van der Waals surface area contributed by atoms with Gasteiger partial charge < -0.3 is 28.7 Å². The summed E-state index contributed by atoms with van der Waals surface area (Å²) >= 11 is 0. The van der Waals surface area contributed by atoms with Crippen LogP contribution in [0.15, 0.2) is 0 Å². The van der Waals surface area contributed by atoms with Crippen molar-refractivity contribution < 1.29 is 54.9 Å². The van der Waals surface area contributed by atoms with Crippen molar-refractivity contribution in [3.63, 3.8) is 0 Å². The van der Waals surface area contributed by atoms with Crippen LogP contribution in [0.2, 0.25) is 0 Å². The van der Waals surface area contributed by atoms with E-state index in [1.165, 1.54) is 0 Å². The smallest absolute Gasteiger partial charge is 0.811 e. The third-order valence-electron chi connectivity index (χ3n) is 0.864. The van der Waals surface area contributed by atoms with E-state index in [1.807, 2.05) is 0 Å². The summed E-state index contributed by atoms with van der Waals surface area (Å²) in [7, 11) is -9.30. The number of hydrogen-bond acceptors (Lipinski definition) is 6. The van der Waals surface area contributed by atoms with Crippen molar-refractivity contribution in [2.45, 2.75) is 6.42 Å². The fourth-order valence-corrected chi connectivity index (χ4v) is 1.80. The second-order valence-corrected chi connectivity index (χ2v) is 5.36. The Hall–Kier alpha value is 1.18. The first-order chi connectivity index (χ1) is 4.71. The molecule has 0 rings (SSSR count). The van der Waals surface area contributed by atoms with Crippen molar-refractivity contribution in [1.82, 2.24) is 0 Å². The van der Waals surface area contributed by atoms with E-state index < -0.39 is 33.9 Å². The van der Waals surface area contributed by atoms with Crippen LogP contribution in [0.3, 0.4) is 0 Å².